The first-order chi connectivity index (χ1) is 7.07. The van der Waals surface area contributed by atoms with Crippen molar-refractivity contribution in [3.63, 3.8) is 0 Å². The van der Waals surface area contributed by atoms with Gasteiger partial charge in [-0.3, -0.25) is 0 Å². The Hall–Kier alpha value is -0.680. The third-order valence-electron chi connectivity index (χ3n) is 2.85. The zero-order valence-electron chi connectivity index (χ0n) is 9.23. The lowest BCUT2D eigenvalue weighted by atomic mass is 9.98. The van der Waals surface area contributed by atoms with Gasteiger partial charge >= 0.3 is 0 Å². The average molecular weight is 227 g/mol. The highest BCUT2D eigenvalue weighted by molar-refractivity contribution is 7.15. The van der Waals surface area contributed by atoms with Gasteiger partial charge in [-0.2, -0.15) is 0 Å². The van der Waals surface area contributed by atoms with Crippen LogP contribution in [0.1, 0.15) is 31.2 Å². The highest BCUT2D eigenvalue weighted by Gasteiger charge is 2.26. The molecule has 2 rings (SSSR count). The van der Waals surface area contributed by atoms with Crippen LogP contribution < -0.4 is 4.90 Å². The van der Waals surface area contributed by atoms with Gasteiger partial charge < -0.3 is 10.0 Å². The molecule has 2 heterocycles. The summed E-state index contributed by atoms with van der Waals surface area (Å²) in [6, 6.07) is 0. The fraction of sp³-hybridized carbons (Fsp3) is 0.800. The number of aromatic nitrogens is 2. The number of hydrogen-bond donors (Lipinski definition) is 1. The predicted octanol–water partition coefficient (Wildman–Crippen LogP) is 1.59. The summed E-state index contributed by atoms with van der Waals surface area (Å²) < 4.78 is 0. The van der Waals surface area contributed by atoms with Crippen LogP contribution in [0.15, 0.2) is 0 Å². The van der Waals surface area contributed by atoms with E-state index in [2.05, 4.69) is 15.1 Å². The third-order valence-corrected chi connectivity index (χ3v) is 3.75. The van der Waals surface area contributed by atoms with Crippen LogP contribution in [0, 0.1) is 6.92 Å². The first kappa shape index (κ1) is 10.8. The Morgan fingerprint density at radius 1 is 1.33 bits per heavy atom. The summed E-state index contributed by atoms with van der Waals surface area (Å²) in [6.07, 6.45) is 2.71. The zero-order valence-corrected chi connectivity index (χ0v) is 10.0. The van der Waals surface area contributed by atoms with E-state index in [1.54, 1.807) is 11.3 Å². The molecule has 0 amide bonds. The van der Waals surface area contributed by atoms with Gasteiger partial charge in [-0.1, -0.05) is 11.3 Å². The Labute approximate surface area is 93.9 Å². The molecule has 0 radical (unpaired) electrons. The average Bonchev–Trinajstić information content (AvgIpc) is 2.49. The number of aryl methyl sites for hydroxylation is 1. The van der Waals surface area contributed by atoms with Crippen molar-refractivity contribution in [1.82, 2.24) is 10.2 Å². The minimum Gasteiger partial charge on any atom is -0.390 e. The molecule has 1 aromatic rings. The van der Waals surface area contributed by atoms with Crippen LogP contribution in [0.2, 0.25) is 0 Å². The number of anilines is 1. The molecule has 1 aromatic heterocycles. The Balaban J connectivity index is 2.05. The molecule has 0 bridgehead atoms. The number of rotatable bonds is 1. The summed E-state index contributed by atoms with van der Waals surface area (Å²) in [5, 5.41) is 20.1. The highest BCUT2D eigenvalue weighted by Crippen LogP contribution is 2.26. The minimum atomic E-state index is -0.505. The van der Waals surface area contributed by atoms with Crippen molar-refractivity contribution in [2.24, 2.45) is 0 Å². The highest BCUT2D eigenvalue weighted by atomic mass is 32.1. The van der Waals surface area contributed by atoms with Crippen molar-refractivity contribution < 1.29 is 5.11 Å². The van der Waals surface area contributed by atoms with Crippen LogP contribution in [0.3, 0.4) is 0 Å². The van der Waals surface area contributed by atoms with Crippen LogP contribution in [0.5, 0.6) is 0 Å². The largest absolute Gasteiger partial charge is 0.390 e. The first-order valence-electron chi connectivity index (χ1n) is 5.34. The second-order valence-electron chi connectivity index (χ2n) is 4.44. The maximum atomic E-state index is 9.97. The maximum Gasteiger partial charge on any atom is 0.208 e. The van der Waals surface area contributed by atoms with E-state index >= 15 is 0 Å². The molecule has 4 nitrogen and oxygen atoms in total. The van der Waals surface area contributed by atoms with Crippen LogP contribution in [-0.2, 0) is 0 Å². The van der Waals surface area contributed by atoms with Gasteiger partial charge in [0.1, 0.15) is 5.01 Å². The fourth-order valence-corrected chi connectivity index (χ4v) is 2.61. The monoisotopic (exact) mass is 227 g/mol. The van der Waals surface area contributed by atoms with E-state index < -0.39 is 5.60 Å². The molecular weight excluding hydrogens is 210 g/mol. The second-order valence-corrected chi connectivity index (χ2v) is 5.60. The topological polar surface area (TPSA) is 49.2 Å². The summed E-state index contributed by atoms with van der Waals surface area (Å²) in [5.41, 5.74) is -0.505. The van der Waals surface area contributed by atoms with Gasteiger partial charge in [-0.25, -0.2) is 0 Å². The van der Waals surface area contributed by atoms with E-state index in [1.165, 1.54) is 0 Å². The summed E-state index contributed by atoms with van der Waals surface area (Å²) in [6.45, 7) is 5.74. The number of hydrogen-bond acceptors (Lipinski definition) is 5. The van der Waals surface area contributed by atoms with Gasteiger partial charge in [-0.05, 0) is 33.1 Å². The third kappa shape index (κ3) is 2.66. The Morgan fingerprint density at radius 2 is 2.13 bits per heavy atom. The number of aliphatic hydroxyl groups is 1. The second kappa shape index (κ2) is 4.06. The predicted molar refractivity (Wildman–Crippen MR) is 61.3 cm³/mol. The zero-order chi connectivity index (χ0) is 10.9. The molecule has 0 spiro atoms. The van der Waals surface area contributed by atoms with Gasteiger partial charge in [0, 0.05) is 13.1 Å². The van der Waals surface area contributed by atoms with Crippen molar-refractivity contribution >= 4 is 16.5 Å². The van der Waals surface area contributed by atoms with Crippen molar-refractivity contribution in [2.75, 3.05) is 18.0 Å². The quantitative estimate of drug-likeness (QED) is 0.791. The van der Waals surface area contributed by atoms with E-state index in [0.29, 0.717) is 0 Å². The van der Waals surface area contributed by atoms with E-state index in [0.717, 1.165) is 42.5 Å². The van der Waals surface area contributed by atoms with E-state index in [9.17, 15) is 5.11 Å². The fourth-order valence-electron chi connectivity index (χ4n) is 1.87. The molecule has 84 valence electrons. The van der Waals surface area contributed by atoms with Crippen molar-refractivity contribution in [3.05, 3.63) is 5.01 Å². The molecule has 1 saturated heterocycles. The van der Waals surface area contributed by atoms with Gasteiger partial charge in [0.25, 0.3) is 0 Å². The minimum absolute atomic E-state index is 0.505. The van der Waals surface area contributed by atoms with Crippen LogP contribution in [0.4, 0.5) is 5.13 Å². The Morgan fingerprint density at radius 3 is 2.80 bits per heavy atom. The molecule has 5 heteroatoms. The molecule has 1 atom stereocenters. The summed E-state index contributed by atoms with van der Waals surface area (Å²) >= 11 is 1.63. The molecule has 1 aliphatic rings. The lowest BCUT2D eigenvalue weighted by Gasteiger charge is -2.21. The van der Waals surface area contributed by atoms with Gasteiger partial charge in [0.15, 0.2) is 0 Å². The lowest BCUT2D eigenvalue weighted by Crippen LogP contribution is -2.28. The molecule has 0 aliphatic carbocycles. The normalized spacial score (nSPS) is 27.8. The van der Waals surface area contributed by atoms with Gasteiger partial charge in [0.05, 0.1) is 5.60 Å². The molecule has 1 fully saturated rings. The van der Waals surface area contributed by atoms with Crippen LogP contribution >= 0.6 is 11.3 Å². The van der Waals surface area contributed by atoms with Crippen molar-refractivity contribution in [2.45, 2.75) is 38.7 Å². The first-order valence-corrected chi connectivity index (χ1v) is 6.16. The lowest BCUT2D eigenvalue weighted by molar-refractivity contribution is 0.0481. The summed E-state index contributed by atoms with van der Waals surface area (Å²) in [7, 11) is 0. The SMILES string of the molecule is Cc1nnc(N2CCCC(C)(O)CC2)s1. The van der Waals surface area contributed by atoms with E-state index in [1.807, 2.05) is 13.8 Å². The molecule has 0 aromatic carbocycles. The molecule has 1 N–H and O–H groups in total. The van der Waals surface area contributed by atoms with Gasteiger partial charge in [0.2, 0.25) is 5.13 Å². The number of nitrogens with zero attached hydrogens (tertiary/aromatic N) is 3. The van der Waals surface area contributed by atoms with Crippen LogP contribution in [0.25, 0.3) is 0 Å². The van der Waals surface area contributed by atoms with E-state index in [4.69, 9.17) is 0 Å². The molecule has 1 aliphatic heterocycles. The standard InChI is InChI=1S/C10H17N3OS/c1-8-11-12-9(15-8)13-6-3-4-10(2,14)5-7-13/h14H,3-7H2,1-2H3. The Kier molecular flexibility index (Phi) is 2.93. The molecule has 0 saturated carbocycles. The molecule has 1 unspecified atom stereocenters. The smallest absolute Gasteiger partial charge is 0.208 e. The van der Waals surface area contributed by atoms with Crippen LogP contribution in [-0.4, -0.2) is 34.0 Å². The molecule has 15 heavy (non-hydrogen) atoms. The summed E-state index contributed by atoms with van der Waals surface area (Å²) in [4.78, 5) is 2.23. The van der Waals surface area contributed by atoms with Crippen molar-refractivity contribution in [1.29, 1.82) is 0 Å². The molecular formula is C10H17N3OS. The Bertz CT molecular complexity index is 337. The van der Waals surface area contributed by atoms with Gasteiger partial charge in [-0.15, -0.1) is 10.2 Å². The summed E-state index contributed by atoms with van der Waals surface area (Å²) in [5.74, 6) is 0. The van der Waals surface area contributed by atoms with Crippen molar-refractivity contribution in [3.8, 4) is 0 Å². The van der Waals surface area contributed by atoms with E-state index in [-0.39, 0.29) is 0 Å². The maximum absolute atomic E-state index is 9.97.